The number of halogens is 1. The number of pyridine rings is 1. The first-order chi connectivity index (χ1) is 15.7. The summed E-state index contributed by atoms with van der Waals surface area (Å²) in [5.41, 5.74) is 14.2. The standard InChI is InChI=1S/C21H29ClN8O3/c1-12(29(2)25)18(23)14-8-16(19(24)26-10-14)33-11-13-4-6-30(7-5-13)17-9-15(20(31)32-3)27-21(22)28-17/h8-10,13H,4-7,11,23,25H2,1-3H3,(H2,24,26)/b18-12-. The van der Waals surface area contributed by atoms with Gasteiger partial charge in [-0.3, -0.25) is 0 Å². The smallest absolute Gasteiger partial charge is 0.356 e. The number of hydrogen-bond acceptors (Lipinski definition) is 11. The van der Waals surface area contributed by atoms with E-state index in [1.807, 2.05) is 6.92 Å². The zero-order valence-corrected chi connectivity index (χ0v) is 19.7. The zero-order valence-electron chi connectivity index (χ0n) is 18.9. The Bertz CT molecular complexity index is 1040. The molecule has 1 aliphatic rings. The summed E-state index contributed by atoms with van der Waals surface area (Å²) in [6, 6.07) is 3.36. The number of methoxy groups -OCH3 is 1. The van der Waals surface area contributed by atoms with Gasteiger partial charge in [-0.15, -0.1) is 0 Å². The lowest BCUT2D eigenvalue weighted by atomic mass is 9.98. The number of rotatable bonds is 7. The Morgan fingerprint density at radius 2 is 2.00 bits per heavy atom. The molecule has 33 heavy (non-hydrogen) atoms. The van der Waals surface area contributed by atoms with Crippen molar-refractivity contribution in [3.05, 3.63) is 40.6 Å². The predicted octanol–water partition coefficient (Wildman–Crippen LogP) is 1.64. The van der Waals surface area contributed by atoms with E-state index in [4.69, 9.17) is 38.4 Å². The van der Waals surface area contributed by atoms with Crippen LogP contribution >= 0.6 is 11.6 Å². The average molecular weight is 477 g/mol. The maximum absolute atomic E-state index is 11.8. The second-order valence-electron chi connectivity index (χ2n) is 7.83. The van der Waals surface area contributed by atoms with E-state index in [0.29, 0.717) is 46.9 Å². The van der Waals surface area contributed by atoms with E-state index in [1.54, 1.807) is 25.4 Å². The fourth-order valence-electron chi connectivity index (χ4n) is 3.43. The molecule has 0 amide bonds. The molecule has 6 N–H and O–H groups in total. The Morgan fingerprint density at radius 3 is 2.64 bits per heavy atom. The number of carbonyl (C=O) groups excluding carboxylic acids is 1. The van der Waals surface area contributed by atoms with Gasteiger partial charge in [0.25, 0.3) is 0 Å². The van der Waals surface area contributed by atoms with Crippen LogP contribution in [0, 0.1) is 5.92 Å². The number of nitrogens with two attached hydrogens (primary N) is 3. The van der Waals surface area contributed by atoms with Gasteiger partial charge >= 0.3 is 5.97 Å². The van der Waals surface area contributed by atoms with Crippen LogP contribution < -0.4 is 26.9 Å². The van der Waals surface area contributed by atoms with Gasteiger partial charge in [-0.2, -0.15) is 0 Å². The van der Waals surface area contributed by atoms with Crippen molar-refractivity contribution in [3.63, 3.8) is 0 Å². The molecule has 3 rings (SSSR count). The van der Waals surface area contributed by atoms with Crippen LogP contribution in [0.1, 0.15) is 35.8 Å². The number of hydrogen-bond donors (Lipinski definition) is 3. The van der Waals surface area contributed by atoms with Crippen LogP contribution in [-0.4, -0.2) is 59.8 Å². The van der Waals surface area contributed by atoms with Gasteiger partial charge in [0.2, 0.25) is 5.28 Å². The molecule has 2 aromatic rings. The number of piperidine rings is 1. The van der Waals surface area contributed by atoms with E-state index < -0.39 is 5.97 Å². The molecule has 12 heteroatoms. The molecule has 0 atom stereocenters. The third-order valence-electron chi connectivity index (χ3n) is 5.60. The van der Waals surface area contributed by atoms with Crippen molar-refractivity contribution in [2.75, 3.05) is 44.5 Å². The fourth-order valence-corrected chi connectivity index (χ4v) is 3.61. The van der Waals surface area contributed by atoms with E-state index in [-0.39, 0.29) is 11.0 Å². The molecule has 0 aliphatic carbocycles. The van der Waals surface area contributed by atoms with Crippen molar-refractivity contribution < 1.29 is 14.3 Å². The summed E-state index contributed by atoms with van der Waals surface area (Å²) in [5.74, 6) is 6.90. The van der Waals surface area contributed by atoms with Crippen molar-refractivity contribution in [1.82, 2.24) is 20.0 Å². The van der Waals surface area contributed by atoms with E-state index in [0.717, 1.165) is 25.9 Å². The summed E-state index contributed by atoms with van der Waals surface area (Å²) in [5, 5.41) is 1.45. The molecule has 1 saturated heterocycles. The molecule has 0 unspecified atom stereocenters. The highest BCUT2D eigenvalue weighted by molar-refractivity contribution is 6.28. The lowest BCUT2D eigenvalue weighted by Gasteiger charge is -2.32. The number of aromatic nitrogens is 3. The van der Waals surface area contributed by atoms with Crippen LogP contribution in [0.25, 0.3) is 5.70 Å². The van der Waals surface area contributed by atoms with E-state index in [9.17, 15) is 4.79 Å². The Kier molecular flexibility index (Phi) is 7.77. The van der Waals surface area contributed by atoms with Gasteiger partial charge in [0.1, 0.15) is 5.82 Å². The van der Waals surface area contributed by atoms with Crippen LogP contribution in [0.3, 0.4) is 0 Å². The van der Waals surface area contributed by atoms with Gasteiger partial charge in [-0.1, -0.05) is 0 Å². The number of allylic oxidation sites excluding steroid dienone is 1. The summed E-state index contributed by atoms with van der Waals surface area (Å²) in [6.07, 6.45) is 3.32. The van der Waals surface area contributed by atoms with E-state index in [1.165, 1.54) is 12.1 Å². The fraction of sp³-hybridized carbons (Fsp3) is 0.429. The highest BCUT2D eigenvalue weighted by Gasteiger charge is 2.23. The number of ether oxygens (including phenoxy) is 2. The Hall–Kier alpha value is -3.31. The van der Waals surface area contributed by atoms with Crippen molar-refractivity contribution in [2.45, 2.75) is 19.8 Å². The maximum atomic E-state index is 11.8. The number of nitrogen functional groups attached to an aromatic ring is 1. The third kappa shape index (κ3) is 5.93. The zero-order chi connectivity index (χ0) is 24.1. The summed E-state index contributed by atoms with van der Waals surface area (Å²) in [6.45, 7) is 3.76. The topological polar surface area (TPSA) is 159 Å². The van der Waals surface area contributed by atoms with Crippen LogP contribution in [-0.2, 0) is 4.74 Å². The van der Waals surface area contributed by atoms with Crippen LogP contribution in [0.2, 0.25) is 5.28 Å². The molecule has 178 valence electrons. The van der Waals surface area contributed by atoms with E-state index >= 15 is 0 Å². The van der Waals surface area contributed by atoms with Gasteiger partial charge in [0, 0.05) is 43.7 Å². The quantitative estimate of drug-likeness (QED) is 0.230. The summed E-state index contributed by atoms with van der Waals surface area (Å²) >= 11 is 5.99. The SMILES string of the molecule is COC(=O)c1cc(N2CCC(COc3cc(/C(N)=C(\C)N(C)N)cnc3N)CC2)nc(Cl)n1. The normalized spacial score (nSPS) is 15.1. The molecular formula is C21H29ClN8O3. The second-order valence-corrected chi connectivity index (χ2v) is 8.17. The Labute approximate surface area is 197 Å². The van der Waals surface area contributed by atoms with Crippen LogP contribution in [0.5, 0.6) is 5.75 Å². The molecule has 0 radical (unpaired) electrons. The maximum Gasteiger partial charge on any atom is 0.356 e. The number of anilines is 2. The minimum atomic E-state index is -0.555. The van der Waals surface area contributed by atoms with Gasteiger partial charge in [0.15, 0.2) is 17.3 Å². The van der Waals surface area contributed by atoms with Crippen LogP contribution in [0.15, 0.2) is 24.0 Å². The molecule has 0 spiro atoms. The third-order valence-corrected chi connectivity index (χ3v) is 5.77. The Balaban J connectivity index is 1.62. The van der Waals surface area contributed by atoms with Crippen molar-refractivity contribution in [3.8, 4) is 5.75 Å². The van der Waals surface area contributed by atoms with Gasteiger partial charge in [-0.25, -0.2) is 25.6 Å². The molecule has 2 aromatic heterocycles. The summed E-state index contributed by atoms with van der Waals surface area (Å²) in [7, 11) is 3.01. The molecular weight excluding hydrogens is 448 g/mol. The largest absolute Gasteiger partial charge is 0.489 e. The molecule has 1 aliphatic heterocycles. The molecule has 1 fully saturated rings. The molecule has 0 bridgehead atoms. The molecule has 3 heterocycles. The first-order valence-electron chi connectivity index (χ1n) is 10.4. The first-order valence-corrected chi connectivity index (χ1v) is 10.8. The molecule has 0 saturated carbocycles. The number of esters is 1. The van der Waals surface area contributed by atoms with Crippen molar-refractivity contribution >= 4 is 34.9 Å². The average Bonchev–Trinajstić information content (AvgIpc) is 2.81. The number of hydrazine groups is 1. The molecule has 0 aromatic carbocycles. The van der Waals surface area contributed by atoms with Gasteiger partial charge in [0.05, 0.1) is 19.4 Å². The highest BCUT2D eigenvalue weighted by atomic mass is 35.5. The van der Waals surface area contributed by atoms with Gasteiger partial charge < -0.3 is 30.8 Å². The van der Waals surface area contributed by atoms with Crippen molar-refractivity contribution in [1.29, 1.82) is 0 Å². The van der Waals surface area contributed by atoms with Crippen LogP contribution in [0.4, 0.5) is 11.6 Å². The molecule has 11 nitrogen and oxygen atoms in total. The first kappa shape index (κ1) is 24.3. The number of nitrogens with zero attached hydrogens (tertiary/aromatic N) is 5. The number of carbonyl (C=O) groups is 1. The predicted molar refractivity (Wildman–Crippen MR) is 126 cm³/mol. The van der Waals surface area contributed by atoms with E-state index in [2.05, 4.69) is 19.9 Å². The highest BCUT2D eigenvalue weighted by Crippen LogP contribution is 2.27. The minimum absolute atomic E-state index is 0.00519. The monoisotopic (exact) mass is 476 g/mol. The lowest BCUT2D eigenvalue weighted by Crippen LogP contribution is -2.36. The summed E-state index contributed by atoms with van der Waals surface area (Å²) in [4.78, 5) is 26.2. The van der Waals surface area contributed by atoms with Gasteiger partial charge in [-0.05, 0) is 43.4 Å². The second kappa shape index (κ2) is 10.5. The summed E-state index contributed by atoms with van der Waals surface area (Å²) < 4.78 is 10.7. The lowest BCUT2D eigenvalue weighted by molar-refractivity contribution is 0.0594. The van der Waals surface area contributed by atoms with Crippen molar-refractivity contribution in [2.24, 2.45) is 17.5 Å². The Morgan fingerprint density at radius 1 is 1.30 bits per heavy atom. The minimum Gasteiger partial charge on any atom is -0.489 e.